The lowest BCUT2D eigenvalue weighted by Crippen LogP contribution is -2.32. The van der Waals surface area contributed by atoms with Gasteiger partial charge in [-0.1, -0.05) is 15.9 Å². The maximum Gasteiger partial charge on any atom is 0.244 e. The van der Waals surface area contributed by atoms with Crippen LogP contribution in [0.5, 0.6) is 0 Å². The van der Waals surface area contributed by atoms with Gasteiger partial charge >= 0.3 is 0 Å². The van der Waals surface area contributed by atoms with Crippen LogP contribution in [0.25, 0.3) is 0 Å². The minimum atomic E-state index is -3.44. The zero-order chi connectivity index (χ0) is 15.2. The summed E-state index contributed by atoms with van der Waals surface area (Å²) < 4.78 is 28.8. The summed E-state index contributed by atoms with van der Waals surface area (Å²) in [6, 6.07) is 5.41. The Labute approximate surface area is 142 Å². The molecule has 0 amide bonds. The summed E-state index contributed by atoms with van der Waals surface area (Å²) in [5.41, 5.74) is 6.02. The summed E-state index contributed by atoms with van der Waals surface area (Å²) in [4.78, 5) is 0.341. The van der Waals surface area contributed by atoms with Crippen molar-refractivity contribution in [1.82, 2.24) is 4.31 Å². The Bertz CT molecular complexity index is 650. The molecule has 116 valence electrons. The van der Waals surface area contributed by atoms with Crippen LogP contribution in [0.3, 0.4) is 0 Å². The molecule has 2 aliphatic rings. The molecule has 1 saturated carbocycles. The van der Waals surface area contributed by atoms with Crippen LogP contribution >= 0.6 is 31.9 Å². The number of hydrogen-bond acceptors (Lipinski definition) is 3. The Hall–Kier alpha value is 0.0500. The molecule has 21 heavy (non-hydrogen) atoms. The molecule has 2 fully saturated rings. The van der Waals surface area contributed by atoms with Crippen LogP contribution in [0.1, 0.15) is 19.3 Å². The predicted octanol–water partition coefficient (Wildman–Crippen LogP) is 2.96. The molecule has 7 heteroatoms. The second-order valence-electron chi connectivity index (χ2n) is 5.99. The fraction of sp³-hybridized carbons (Fsp3) is 0.571. The van der Waals surface area contributed by atoms with Gasteiger partial charge in [-0.15, -0.1) is 0 Å². The van der Waals surface area contributed by atoms with E-state index in [2.05, 4.69) is 31.9 Å². The SMILES string of the molecule is NC1CC[C@@H]2CN(S(=O)(=O)c3ccc(Br)cc3Br)C[C@@H]2C1. The van der Waals surface area contributed by atoms with Crippen molar-refractivity contribution in [1.29, 1.82) is 0 Å². The number of sulfonamides is 1. The molecule has 1 aromatic rings. The van der Waals surface area contributed by atoms with Crippen molar-refractivity contribution in [2.75, 3.05) is 13.1 Å². The summed E-state index contributed by atoms with van der Waals surface area (Å²) in [6.45, 7) is 1.23. The third-order valence-electron chi connectivity index (χ3n) is 4.57. The van der Waals surface area contributed by atoms with Gasteiger partial charge < -0.3 is 5.73 Å². The van der Waals surface area contributed by atoms with E-state index in [1.807, 2.05) is 0 Å². The van der Waals surface area contributed by atoms with E-state index < -0.39 is 10.0 Å². The Kier molecular flexibility index (Phi) is 4.49. The Morgan fingerprint density at radius 2 is 1.86 bits per heavy atom. The molecule has 0 aromatic heterocycles. The number of rotatable bonds is 2. The van der Waals surface area contributed by atoms with Crippen LogP contribution in [0.4, 0.5) is 0 Å². The minimum Gasteiger partial charge on any atom is -0.328 e. The average Bonchev–Trinajstić information content (AvgIpc) is 2.81. The molecule has 1 saturated heterocycles. The van der Waals surface area contributed by atoms with Crippen molar-refractivity contribution >= 4 is 41.9 Å². The van der Waals surface area contributed by atoms with E-state index in [0.29, 0.717) is 34.3 Å². The largest absolute Gasteiger partial charge is 0.328 e. The Balaban J connectivity index is 1.86. The van der Waals surface area contributed by atoms with Gasteiger partial charge in [-0.3, -0.25) is 0 Å². The van der Waals surface area contributed by atoms with Gasteiger partial charge in [-0.25, -0.2) is 8.42 Å². The van der Waals surface area contributed by atoms with E-state index in [0.717, 1.165) is 23.7 Å². The lowest BCUT2D eigenvalue weighted by atomic mass is 9.79. The van der Waals surface area contributed by atoms with Crippen LogP contribution in [-0.2, 0) is 10.0 Å². The molecule has 0 spiro atoms. The molecule has 2 N–H and O–H groups in total. The number of hydrogen-bond donors (Lipinski definition) is 1. The van der Waals surface area contributed by atoms with E-state index in [4.69, 9.17) is 5.73 Å². The summed E-state index contributed by atoms with van der Waals surface area (Å²) >= 11 is 6.71. The number of halogens is 2. The maximum atomic E-state index is 12.8. The Morgan fingerprint density at radius 3 is 2.57 bits per heavy atom. The van der Waals surface area contributed by atoms with Gasteiger partial charge in [0, 0.05) is 28.1 Å². The van der Waals surface area contributed by atoms with Crippen LogP contribution in [0.15, 0.2) is 32.0 Å². The molecular weight excluding hydrogens is 420 g/mol. The second kappa shape index (κ2) is 5.92. The lowest BCUT2D eigenvalue weighted by molar-refractivity contribution is 0.271. The molecule has 4 nitrogen and oxygen atoms in total. The van der Waals surface area contributed by atoms with Gasteiger partial charge in [-0.05, 0) is 65.2 Å². The van der Waals surface area contributed by atoms with Crippen LogP contribution in [0, 0.1) is 11.8 Å². The second-order valence-corrected chi connectivity index (χ2v) is 9.67. The van der Waals surface area contributed by atoms with Crippen molar-refractivity contribution < 1.29 is 8.42 Å². The monoisotopic (exact) mass is 436 g/mol. The first-order chi connectivity index (χ1) is 9.88. The summed E-state index contributed by atoms with van der Waals surface area (Å²) in [6.07, 6.45) is 2.99. The highest BCUT2D eigenvalue weighted by atomic mass is 79.9. The molecule has 0 radical (unpaired) electrons. The molecule has 3 atom stereocenters. The van der Waals surface area contributed by atoms with Gasteiger partial charge in [0.05, 0.1) is 4.90 Å². The van der Waals surface area contributed by atoms with Crippen LogP contribution < -0.4 is 5.73 Å². The number of nitrogens with two attached hydrogens (primary N) is 1. The third-order valence-corrected chi connectivity index (χ3v) is 7.87. The highest BCUT2D eigenvalue weighted by molar-refractivity contribution is 9.11. The van der Waals surface area contributed by atoms with Crippen molar-refractivity contribution in [2.24, 2.45) is 17.6 Å². The fourth-order valence-corrected chi connectivity index (χ4v) is 6.70. The molecule has 1 unspecified atom stereocenters. The quantitative estimate of drug-likeness (QED) is 0.773. The lowest BCUT2D eigenvalue weighted by Gasteiger charge is -2.28. The number of nitrogens with zero attached hydrogens (tertiary/aromatic N) is 1. The molecule has 1 aliphatic heterocycles. The van der Waals surface area contributed by atoms with E-state index in [1.54, 1.807) is 22.5 Å². The molecule has 1 heterocycles. The van der Waals surface area contributed by atoms with Gasteiger partial charge in [0.2, 0.25) is 10.0 Å². The highest BCUT2D eigenvalue weighted by Crippen LogP contribution is 2.39. The standard InChI is InChI=1S/C14H18Br2N2O2S/c15-11-2-4-14(13(16)6-11)21(19,20)18-7-9-1-3-12(17)5-10(9)8-18/h2,4,6,9-10,12H,1,3,5,7-8,17H2/t9-,10+,12?/m1/s1. The Morgan fingerprint density at radius 1 is 1.14 bits per heavy atom. The van der Waals surface area contributed by atoms with E-state index >= 15 is 0 Å². The molecule has 1 aliphatic carbocycles. The van der Waals surface area contributed by atoms with Crippen molar-refractivity contribution in [3.63, 3.8) is 0 Å². The molecule has 1 aromatic carbocycles. The predicted molar refractivity (Wildman–Crippen MR) is 89.4 cm³/mol. The maximum absolute atomic E-state index is 12.8. The van der Waals surface area contributed by atoms with Crippen molar-refractivity contribution in [3.8, 4) is 0 Å². The van der Waals surface area contributed by atoms with Crippen molar-refractivity contribution in [2.45, 2.75) is 30.2 Å². The van der Waals surface area contributed by atoms with Gasteiger partial charge in [-0.2, -0.15) is 4.31 Å². The van der Waals surface area contributed by atoms with Gasteiger partial charge in [0.25, 0.3) is 0 Å². The first-order valence-electron chi connectivity index (χ1n) is 7.08. The highest BCUT2D eigenvalue weighted by Gasteiger charge is 2.42. The smallest absolute Gasteiger partial charge is 0.244 e. The normalized spacial score (nSPS) is 30.3. The summed E-state index contributed by atoms with van der Waals surface area (Å²) in [7, 11) is -3.44. The zero-order valence-corrected chi connectivity index (χ0v) is 15.5. The summed E-state index contributed by atoms with van der Waals surface area (Å²) in [5.74, 6) is 0.881. The minimum absolute atomic E-state index is 0.230. The third kappa shape index (κ3) is 3.08. The van der Waals surface area contributed by atoms with Gasteiger partial charge in [0.15, 0.2) is 0 Å². The van der Waals surface area contributed by atoms with Crippen molar-refractivity contribution in [3.05, 3.63) is 27.1 Å². The van der Waals surface area contributed by atoms with Crippen LogP contribution in [-0.4, -0.2) is 31.9 Å². The van der Waals surface area contributed by atoms with E-state index in [9.17, 15) is 8.42 Å². The number of benzene rings is 1. The molecule has 0 bridgehead atoms. The topological polar surface area (TPSA) is 63.4 Å². The summed E-state index contributed by atoms with van der Waals surface area (Å²) in [5, 5.41) is 0. The van der Waals surface area contributed by atoms with Crippen LogP contribution in [0.2, 0.25) is 0 Å². The van der Waals surface area contributed by atoms with Gasteiger partial charge in [0.1, 0.15) is 0 Å². The molecule has 3 rings (SSSR count). The first-order valence-corrected chi connectivity index (χ1v) is 10.1. The fourth-order valence-electron chi connectivity index (χ4n) is 3.44. The number of fused-ring (bicyclic) bond motifs is 1. The average molecular weight is 438 g/mol. The molecular formula is C14H18Br2N2O2S. The zero-order valence-electron chi connectivity index (χ0n) is 11.5. The van der Waals surface area contributed by atoms with E-state index in [-0.39, 0.29) is 6.04 Å². The first kappa shape index (κ1) is 15.9. The van der Waals surface area contributed by atoms with E-state index in [1.165, 1.54) is 0 Å².